The molecule has 0 unspecified atom stereocenters. The van der Waals surface area contributed by atoms with Gasteiger partial charge in [-0.3, -0.25) is 4.90 Å². The number of piperidine rings is 1. The first kappa shape index (κ1) is 13.0. The minimum Gasteiger partial charge on any atom is -0.298 e. The maximum absolute atomic E-state index is 10.9. The number of sulfonamides is 1. The molecule has 1 rings (SSSR count). The number of halogens is 1. The van der Waals surface area contributed by atoms with Crippen LogP contribution in [-0.2, 0) is 10.0 Å². The number of nitrogens with zero attached hydrogens (tertiary/aromatic N) is 1. The van der Waals surface area contributed by atoms with Crippen molar-refractivity contribution in [3.8, 4) is 0 Å². The van der Waals surface area contributed by atoms with Gasteiger partial charge in [0.25, 0.3) is 0 Å². The predicted molar refractivity (Wildman–Crippen MR) is 62.1 cm³/mol. The Morgan fingerprint density at radius 1 is 1.60 bits per heavy atom. The first-order chi connectivity index (χ1) is 6.87. The Morgan fingerprint density at radius 3 is 2.80 bits per heavy atom. The van der Waals surface area contributed by atoms with Gasteiger partial charge >= 0.3 is 0 Å². The Morgan fingerprint density at radius 2 is 2.27 bits per heavy atom. The number of rotatable bonds is 4. The van der Waals surface area contributed by atoms with E-state index in [4.69, 9.17) is 16.7 Å². The fraction of sp³-hybridized carbons (Fsp3) is 0.778. The first-order valence-corrected chi connectivity index (χ1v) is 7.02. The van der Waals surface area contributed by atoms with Gasteiger partial charge in [-0.15, -0.1) is 0 Å². The summed E-state index contributed by atoms with van der Waals surface area (Å²) in [5.74, 6) is 0.197. The average Bonchev–Trinajstić information content (AvgIpc) is 1.99. The molecule has 1 aliphatic rings. The number of likely N-dealkylation sites (tertiary alicyclic amines) is 1. The number of hydrogen-bond donors (Lipinski definition) is 1. The Labute approximate surface area is 96.1 Å². The van der Waals surface area contributed by atoms with Gasteiger partial charge in [-0.2, -0.15) is 0 Å². The maximum Gasteiger partial charge on any atom is 0.209 e. The molecule has 4 nitrogen and oxygen atoms in total. The quantitative estimate of drug-likeness (QED) is 0.803. The van der Waals surface area contributed by atoms with Crippen LogP contribution in [0.3, 0.4) is 0 Å². The summed E-state index contributed by atoms with van der Waals surface area (Å²) in [5.41, 5.74) is 0. The van der Waals surface area contributed by atoms with Crippen molar-refractivity contribution in [1.29, 1.82) is 0 Å². The largest absolute Gasteiger partial charge is 0.298 e. The minimum absolute atomic E-state index is 0.0677. The van der Waals surface area contributed by atoms with Gasteiger partial charge in [0.2, 0.25) is 10.0 Å². The fourth-order valence-electron chi connectivity index (χ4n) is 2.00. The molecule has 1 saturated heterocycles. The monoisotopic (exact) mass is 252 g/mol. The lowest BCUT2D eigenvalue weighted by Gasteiger charge is -2.31. The highest BCUT2D eigenvalue weighted by molar-refractivity contribution is 7.89. The van der Waals surface area contributed by atoms with Crippen molar-refractivity contribution in [2.75, 3.05) is 25.4 Å². The van der Waals surface area contributed by atoms with E-state index >= 15 is 0 Å². The van der Waals surface area contributed by atoms with E-state index in [1.807, 2.05) is 0 Å². The third-order valence-corrected chi connectivity index (χ3v) is 3.52. The van der Waals surface area contributed by atoms with Gasteiger partial charge in [-0.25, -0.2) is 13.6 Å². The van der Waals surface area contributed by atoms with Gasteiger partial charge in [0, 0.05) is 18.1 Å². The molecule has 0 radical (unpaired) electrons. The molecule has 15 heavy (non-hydrogen) atoms. The van der Waals surface area contributed by atoms with Gasteiger partial charge in [0.05, 0.1) is 5.75 Å². The third kappa shape index (κ3) is 5.51. The van der Waals surface area contributed by atoms with E-state index in [1.165, 1.54) is 0 Å². The molecule has 1 aliphatic heterocycles. The molecule has 2 N–H and O–H groups in total. The highest BCUT2D eigenvalue weighted by Crippen LogP contribution is 2.18. The summed E-state index contributed by atoms with van der Waals surface area (Å²) in [6.45, 7) is 5.95. The standard InChI is InChI=1S/C9H17ClN2O2S/c1-8(10)5-12-4-2-3-9(6-12)7-15(11,13)14/h9H,1-7H2,(H2,11,13,14)/t9-/m1/s1. The van der Waals surface area contributed by atoms with Crippen molar-refractivity contribution in [2.24, 2.45) is 11.1 Å². The zero-order chi connectivity index (χ0) is 11.5. The van der Waals surface area contributed by atoms with Crippen LogP contribution in [0, 0.1) is 5.92 Å². The Balaban J connectivity index is 2.45. The van der Waals surface area contributed by atoms with E-state index in [1.54, 1.807) is 0 Å². The molecule has 0 aromatic rings. The topological polar surface area (TPSA) is 63.4 Å². The Bertz CT molecular complexity index is 329. The summed E-state index contributed by atoms with van der Waals surface area (Å²) in [5, 5.41) is 5.61. The van der Waals surface area contributed by atoms with Gasteiger partial charge in [0.1, 0.15) is 0 Å². The smallest absolute Gasteiger partial charge is 0.209 e. The van der Waals surface area contributed by atoms with E-state index in [-0.39, 0.29) is 11.7 Å². The zero-order valence-corrected chi connectivity index (χ0v) is 10.2. The molecule has 88 valence electrons. The van der Waals surface area contributed by atoms with E-state index in [2.05, 4.69) is 11.5 Å². The van der Waals surface area contributed by atoms with Crippen molar-refractivity contribution >= 4 is 21.6 Å². The molecular formula is C9H17ClN2O2S. The second-order valence-electron chi connectivity index (χ2n) is 4.09. The summed E-state index contributed by atoms with van der Waals surface area (Å²) >= 11 is 5.71. The normalized spacial score (nSPS) is 24.0. The molecule has 0 aliphatic carbocycles. The molecule has 0 aromatic carbocycles. The van der Waals surface area contributed by atoms with Gasteiger partial charge in [-0.05, 0) is 25.3 Å². The van der Waals surface area contributed by atoms with Crippen LogP contribution >= 0.6 is 11.6 Å². The van der Waals surface area contributed by atoms with Crippen LogP contribution in [0.1, 0.15) is 12.8 Å². The Hall–Kier alpha value is -0.100. The fourth-order valence-corrected chi connectivity index (χ4v) is 3.10. The lowest BCUT2D eigenvalue weighted by molar-refractivity contribution is 0.201. The number of primary sulfonamides is 1. The van der Waals surface area contributed by atoms with Gasteiger partial charge in [-0.1, -0.05) is 18.2 Å². The molecule has 0 spiro atoms. The van der Waals surface area contributed by atoms with Crippen molar-refractivity contribution in [3.05, 3.63) is 11.6 Å². The number of hydrogen-bond acceptors (Lipinski definition) is 3. The minimum atomic E-state index is -3.36. The molecule has 0 aromatic heterocycles. The van der Waals surface area contributed by atoms with Crippen molar-refractivity contribution in [3.63, 3.8) is 0 Å². The lowest BCUT2D eigenvalue weighted by Crippen LogP contribution is -2.39. The van der Waals surface area contributed by atoms with Crippen LogP contribution in [0.4, 0.5) is 0 Å². The summed E-state index contributed by atoms with van der Waals surface area (Å²) in [4.78, 5) is 2.12. The van der Waals surface area contributed by atoms with Crippen LogP contribution < -0.4 is 5.14 Å². The SMILES string of the molecule is C=C(Cl)CN1CCC[C@@H](CS(N)(=O)=O)C1. The Kier molecular flexibility index (Phi) is 4.58. The molecule has 0 saturated carbocycles. The van der Waals surface area contributed by atoms with Crippen molar-refractivity contribution < 1.29 is 8.42 Å². The zero-order valence-electron chi connectivity index (χ0n) is 8.65. The van der Waals surface area contributed by atoms with Crippen LogP contribution in [0.5, 0.6) is 0 Å². The molecule has 0 amide bonds. The van der Waals surface area contributed by atoms with E-state index in [9.17, 15) is 8.42 Å². The van der Waals surface area contributed by atoms with Crippen molar-refractivity contribution in [2.45, 2.75) is 12.8 Å². The second kappa shape index (κ2) is 5.30. The van der Waals surface area contributed by atoms with Crippen LogP contribution in [0.25, 0.3) is 0 Å². The summed E-state index contributed by atoms with van der Waals surface area (Å²) in [7, 11) is -3.36. The molecule has 0 bridgehead atoms. The third-order valence-electron chi connectivity index (χ3n) is 2.47. The van der Waals surface area contributed by atoms with E-state index in [0.717, 1.165) is 25.9 Å². The molecule has 1 atom stereocenters. The first-order valence-electron chi connectivity index (χ1n) is 4.93. The molecular weight excluding hydrogens is 236 g/mol. The van der Waals surface area contributed by atoms with E-state index < -0.39 is 10.0 Å². The molecule has 1 heterocycles. The highest BCUT2D eigenvalue weighted by Gasteiger charge is 2.23. The maximum atomic E-state index is 10.9. The summed E-state index contributed by atoms with van der Waals surface area (Å²) < 4.78 is 21.9. The molecule has 1 fully saturated rings. The van der Waals surface area contributed by atoms with Crippen LogP contribution in [0.15, 0.2) is 11.6 Å². The molecule has 6 heteroatoms. The van der Waals surface area contributed by atoms with E-state index in [0.29, 0.717) is 11.6 Å². The highest BCUT2D eigenvalue weighted by atomic mass is 35.5. The second-order valence-corrected chi connectivity index (χ2v) is 6.28. The van der Waals surface area contributed by atoms with Crippen LogP contribution in [0.2, 0.25) is 0 Å². The average molecular weight is 253 g/mol. The van der Waals surface area contributed by atoms with Crippen molar-refractivity contribution in [1.82, 2.24) is 4.90 Å². The van der Waals surface area contributed by atoms with Gasteiger partial charge < -0.3 is 0 Å². The lowest BCUT2D eigenvalue weighted by atomic mass is 10.0. The summed E-state index contributed by atoms with van der Waals surface area (Å²) in [6.07, 6.45) is 1.91. The van der Waals surface area contributed by atoms with Crippen LogP contribution in [-0.4, -0.2) is 38.7 Å². The van der Waals surface area contributed by atoms with Gasteiger partial charge in [0.15, 0.2) is 0 Å². The summed E-state index contributed by atoms with van der Waals surface area (Å²) in [6, 6.07) is 0. The predicted octanol–water partition coefficient (Wildman–Crippen LogP) is 0.739. The number of nitrogens with two attached hydrogens (primary N) is 1.